The van der Waals surface area contributed by atoms with Crippen LogP contribution in [-0.2, 0) is 16.0 Å². The summed E-state index contributed by atoms with van der Waals surface area (Å²) in [5, 5.41) is 1.96. The summed E-state index contributed by atoms with van der Waals surface area (Å²) in [6, 6.07) is 8.88. The molecule has 2 aromatic rings. The third-order valence-corrected chi connectivity index (χ3v) is 7.64. The van der Waals surface area contributed by atoms with Gasteiger partial charge >= 0.3 is 0 Å². The molecule has 174 valence electrons. The first-order valence-electron chi connectivity index (χ1n) is 11.6. The number of carbonyl (C=O) groups is 3. The smallest absolute Gasteiger partial charge is 0.245 e. The average molecular weight is 469 g/mol. The maximum atomic E-state index is 13.2. The summed E-state index contributed by atoms with van der Waals surface area (Å²) in [5.41, 5.74) is 0.630. The normalized spacial score (nSPS) is 20.7. The van der Waals surface area contributed by atoms with Crippen LogP contribution in [0.25, 0.3) is 0 Å². The molecule has 1 atom stereocenters. The van der Waals surface area contributed by atoms with Gasteiger partial charge in [-0.25, -0.2) is 0 Å². The molecule has 1 aromatic heterocycles. The topological polar surface area (TPSA) is 76.2 Å². The third kappa shape index (κ3) is 4.62. The Labute approximate surface area is 197 Å². The number of amides is 2. The first-order chi connectivity index (χ1) is 16.1. The van der Waals surface area contributed by atoms with Crippen LogP contribution in [0.5, 0.6) is 11.5 Å². The Kier molecular flexibility index (Phi) is 6.35. The van der Waals surface area contributed by atoms with Crippen molar-refractivity contribution in [1.29, 1.82) is 0 Å². The summed E-state index contributed by atoms with van der Waals surface area (Å²) in [6.45, 7) is 2.73. The van der Waals surface area contributed by atoms with Crippen molar-refractivity contribution >= 4 is 28.9 Å². The molecule has 2 amide bonds. The zero-order chi connectivity index (χ0) is 22.8. The minimum absolute atomic E-state index is 0.0250. The average Bonchev–Trinajstić information content (AvgIpc) is 3.55. The van der Waals surface area contributed by atoms with E-state index in [1.165, 1.54) is 0 Å². The lowest BCUT2D eigenvalue weighted by Gasteiger charge is -2.35. The summed E-state index contributed by atoms with van der Waals surface area (Å²) in [7, 11) is 0. The number of hydrogen-bond donors (Lipinski definition) is 0. The highest BCUT2D eigenvalue weighted by molar-refractivity contribution is 7.10. The van der Waals surface area contributed by atoms with Crippen LogP contribution in [0, 0.1) is 5.92 Å². The predicted octanol–water partition coefficient (Wildman–Crippen LogP) is 3.17. The lowest BCUT2D eigenvalue weighted by atomic mass is 9.88. The molecule has 3 aliphatic rings. The molecule has 0 aliphatic carbocycles. The number of ether oxygens (including phenoxy) is 2. The SMILES string of the molecule is O=C(c1ccc2c(c1)OCCO2)C1CCN(C(=O)C2CCCN2C(=O)Cc2cccs2)CC1. The molecule has 7 nitrogen and oxygen atoms in total. The second-order valence-electron chi connectivity index (χ2n) is 8.82. The van der Waals surface area contributed by atoms with Crippen LogP contribution in [0.3, 0.4) is 0 Å². The lowest BCUT2D eigenvalue weighted by Crippen LogP contribution is -2.50. The van der Waals surface area contributed by atoms with Gasteiger partial charge in [-0.05, 0) is 55.3 Å². The minimum Gasteiger partial charge on any atom is -0.486 e. The van der Waals surface area contributed by atoms with Crippen molar-refractivity contribution in [2.45, 2.75) is 38.1 Å². The van der Waals surface area contributed by atoms with E-state index in [2.05, 4.69) is 0 Å². The Hall–Kier alpha value is -2.87. The highest BCUT2D eigenvalue weighted by atomic mass is 32.1. The standard InChI is InChI=1S/C25H28N2O5S/c28-23(16-19-3-2-14-33-19)27-9-1-4-20(27)25(30)26-10-7-17(8-11-26)24(29)18-5-6-21-22(15-18)32-13-12-31-21/h2-3,5-6,14-15,17,20H,1,4,7-13,16H2. The quantitative estimate of drug-likeness (QED) is 0.630. The number of thiophene rings is 1. The van der Waals surface area contributed by atoms with E-state index in [0.29, 0.717) is 75.6 Å². The van der Waals surface area contributed by atoms with Crippen LogP contribution in [0.1, 0.15) is 40.9 Å². The summed E-state index contributed by atoms with van der Waals surface area (Å²) in [5.74, 6) is 1.32. The van der Waals surface area contributed by atoms with Crippen molar-refractivity contribution in [3.63, 3.8) is 0 Å². The summed E-state index contributed by atoms with van der Waals surface area (Å²) in [4.78, 5) is 43.7. The largest absolute Gasteiger partial charge is 0.486 e. The van der Waals surface area contributed by atoms with Gasteiger partial charge in [-0.3, -0.25) is 14.4 Å². The van der Waals surface area contributed by atoms with Gasteiger partial charge in [0.2, 0.25) is 11.8 Å². The van der Waals surface area contributed by atoms with Crippen molar-refractivity contribution < 1.29 is 23.9 Å². The second-order valence-corrected chi connectivity index (χ2v) is 9.86. The fourth-order valence-corrected chi connectivity index (χ4v) is 5.69. The Morgan fingerprint density at radius 2 is 1.76 bits per heavy atom. The number of carbonyl (C=O) groups excluding carboxylic acids is 3. The summed E-state index contributed by atoms with van der Waals surface area (Å²) in [6.07, 6.45) is 3.19. The van der Waals surface area contributed by atoms with Crippen molar-refractivity contribution in [3.8, 4) is 11.5 Å². The van der Waals surface area contributed by atoms with Crippen molar-refractivity contribution in [2.75, 3.05) is 32.8 Å². The highest BCUT2D eigenvalue weighted by Crippen LogP contribution is 2.33. The van der Waals surface area contributed by atoms with E-state index < -0.39 is 0 Å². The maximum absolute atomic E-state index is 13.2. The molecule has 4 heterocycles. The number of ketones is 1. The van der Waals surface area contributed by atoms with E-state index in [1.54, 1.807) is 34.4 Å². The number of fused-ring (bicyclic) bond motifs is 1. The monoisotopic (exact) mass is 468 g/mol. The van der Waals surface area contributed by atoms with Crippen LogP contribution >= 0.6 is 11.3 Å². The Balaban J connectivity index is 1.18. The molecule has 2 fully saturated rings. The number of likely N-dealkylation sites (tertiary alicyclic amines) is 2. The van der Waals surface area contributed by atoms with Gasteiger partial charge in [0.25, 0.3) is 0 Å². The van der Waals surface area contributed by atoms with Gasteiger partial charge in [0.1, 0.15) is 19.3 Å². The van der Waals surface area contributed by atoms with Crippen LogP contribution in [-0.4, -0.2) is 66.3 Å². The van der Waals surface area contributed by atoms with Crippen molar-refractivity contribution in [2.24, 2.45) is 5.92 Å². The Morgan fingerprint density at radius 1 is 0.970 bits per heavy atom. The maximum Gasteiger partial charge on any atom is 0.245 e. The molecule has 1 unspecified atom stereocenters. The Bertz CT molecular complexity index is 1030. The van der Waals surface area contributed by atoms with Gasteiger partial charge in [-0.1, -0.05) is 6.07 Å². The summed E-state index contributed by atoms with van der Waals surface area (Å²) >= 11 is 1.57. The van der Waals surface area contributed by atoms with Gasteiger partial charge in [0.05, 0.1) is 6.42 Å². The first-order valence-corrected chi connectivity index (χ1v) is 12.5. The number of benzene rings is 1. The van der Waals surface area contributed by atoms with Gasteiger partial charge < -0.3 is 19.3 Å². The van der Waals surface area contributed by atoms with Crippen LogP contribution in [0.4, 0.5) is 0 Å². The van der Waals surface area contributed by atoms with E-state index in [0.717, 1.165) is 11.3 Å². The number of nitrogens with zero attached hydrogens (tertiary/aromatic N) is 2. The third-order valence-electron chi connectivity index (χ3n) is 6.77. The van der Waals surface area contributed by atoms with E-state index in [9.17, 15) is 14.4 Å². The summed E-state index contributed by atoms with van der Waals surface area (Å²) < 4.78 is 11.1. The molecule has 33 heavy (non-hydrogen) atoms. The predicted molar refractivity (Wildman–Crippen MR) is 124 cm³/mol. The first kappa shape index (κ1) is 21.9. The van der Waals surface area contributed by atoms with Gasteiger partial charge in [-0.15, -0.1) is 11.3 Å². The molecule has 0 bridgehead atoms. The van der Waals surface area contributed by atoms with Gasteiger partial charge in [0.15, 0.2) is 17.3 Å². The van der Waals surface area contributed by atoms with Crippen molar-refractivity contribution in [1.82, 2.24) is 9.80 Å². The molecular formula is C25H28N2O5S. The van der Waals surface area contributed by atoms with Gasteiger partial charge in [-0.2, -0.15) is 0 Å². The lowest BCUT2D eigenvalue weighted by molar-refractivity contribution is -0.144. The molecular weight excluding hydrogens is 440 g/mol. The number of hydrogen-bond acceptors (Lipinski definition) is 6. The van der Waals surface area contributed by atoms with Gasteiger partial charge in [0, 0.05) is 36.0 Å². The second kappa shape index (κ2) is 9.55. The Morgan fingerprint density at radius 3 is 2.52 bits per heavy atom. The van der Waals surface area contributed by atoms with Crippen LogP contribution in [0.2, 0.25) is 0 Å². The molecule has 0 radical (unpaired) electrons. The fraction of sp³-hybridized carbons (Fsp3) is 0.480. The molecule has 8 heteroatoms. The van der Waals surface area contributed by atoms with Crippen LogP contribution < -0.4 is 9.47 Å². The molecule has 0 saturated carbocycles. The molecule has 0 N–H and O–H groups in total. The van der Waals surface area contributed by atoms with E-state index in [1.807, 2.05) is 22.4 Å². The number of Topliss-reactive ketones (excluding diaryl/α,β-unsaturated/α-hetero) is 1. The van der Waals surface area contributed by atoms with Crippen molar-refractivity contribution in [3.05, 3.63) is 46.2 Å². The zero-order valence-corrected chi connectivity index (χ0v) is 19.4. The van der Waals surface area contributed by atoms with E-state index in [4.69, 9.17) is 9.47 Å². The van der Waals surface area contributed by atoms with Crippen LogP contribution in [0.15, 0.2) is 35.7 Å². The fourth-order valence-electron chi connectivity index (χ4n) is 4.99. The zero-order valence-electron chi connectivity index (χ0n) is 18.5. The van der Waals surface area contributed by atoms with E-state index >= 15 is 0 Å². The molecule has 3 aliphatic heterocycles. The molecule has 2 saturated heterocycles. The highest BCUT2D eigenvalue weighted by Gasteiger charge is 2.38. The molecule has 1 aromatic carbocycles. The minimum atomic E-state index is -0.373. The number of rotatable bonds is 5. The molecule has 5 rings (SSSR count). The number of piperidine rings is 1. The molecule has 0 spiro atoms. The van der Waals surface area contributed by atoms with E-state index in [-0.39, 0.29) is 29.6 Å².